The lowest BCUT2D eigenvalue weighted by Crippen LogP contribution is -2.37. The van der Waals surface area contributed by atoms with Gasteiger partial charge in [-0.25, -0.2) is 4.68 Å². The van der Waals surface area contributed by atoms with Crippen LogP contribution in [0.15, 0.2) is 42.9 Å². The van der Waals surface area contributed by atoms with Gasteiger partial charge in [-0.05, 0) is 6.07 Å². The molecule has 2 unspecified atom stereocenters. The standard InChI is InChI=1S/C14H13N5O4/c1-8-11(13(20)23-2)12(18-14(17-8)15-7-16-18)9-5-3-4-6-10(9)19(21)22/h3-7,11-12H,1H2,2H3,(H,15,16,17). The molecule has 1 aliphatic heterocycles. The average Bonchev–Trinajstić information content (AvgIpc) is 3.00. The molecule has 2 heterocycles. The molecule has 0 aliphatic carbocycles. The number of anilines is 1. The molecule has 118 valence electrons. The second-order valence-corrected chi connectivity index (χ2v) is 4.94. The van der Waals surface area contributed by atoms with Crippen molar-refractivity contribution in [2.45, 2.75) is 6.04 Å². The molecule has 1 aromatic carbocycles. The van der Waals surface area contributed by atoms with E-state index in [1.807, 2.05) is 0 Å². The number of nitrogens with one attached hydrogen (secondary N) is 1. The van der Waals surface area contributed by atoms with Crippen molar-refractivity contribution in [3.8, 4) is 0 Å². The Morgan fingerprint density at radius 2 is 2.22 bits per heavy atom. The first-order chi connectivity index (χ1) is 11.0. The topological polar surface area (TPSA) is 112 Å². The molecule has 1 N–H and O–H groups in total. The molecule has 2 atom stereocenters. The summed E-state index contributed by atoms with van der Waals surface area (Å²) in [7, 11) is 1.25. The molecule has 0 spiro atoms. The van der Waals surface area contributed by atoms with E-state index in [0.29, 0.717) is 17.2 Å². The lowest BCUT2D eigenvalue weighted by atomic mass is 9.88. The number of ether oxygens (including phenoxy) is 1. The molecule has 1 aromatic heterocycles. The fourth-order valence-electron chi connectivity index (χ4n) is 2.71. The van der Waals surface area contributed by atoms with E-state index in [-0.39, 0.29) is 5.69 Å². The van der Waals surface area contributed by atoms with Gasteiger partial charge < -0.3 is 10.1 Å². The highest BCUT2D eigenvalue weighted by Crippen LogP contribution is 2.40. The average molecular weight is 315 g/mol. The van der Waals surface area contributed by atoms with Gasteiger partial charge in [0, 0.05) is 11.8 Å². The summed E-state index contributed by atoms with van der Waals surface area (Å²) in [6, 6.07) is 5.43. The minimum atomic E-state index is -0.865. The maximum Gasteiger partial charge on any atom is 0.317 e. The SMILES string of the molecule is C=C1Nc2ncnn2C(c2ccccc2[N+](=O)[O-])C1C(=O)OC. The second kappa shape index (κ2) is 5.52. The van der Waals surface area contributed by atoms with E-state index in [1.165, 1.54) is 24.2 Å². The summed E-state index contributed by atoms with van der Waals surface area (Å²) >= 11 is 0. The number of rotatable bonds is 3. The van der Waals surface area contributed by atoms with Crippen LogP contribution in [0.3, 0.4) is 0 Å². The van der Waals surface area contributed by atoms with Crippen LogP contribution in [-0.2, 0) is 9.53 Å². The van der Waals surface area contributed by atoms with Crippen LogP contribution in [0.1, 0.15) is 11.6 Å². The first kappa shape index (κ1) is 14.7. The number of carbonyl (C=O) groups is 1. The summed E-state index contributed by atoms with van der Waals surface area (Å²) < 4.78 is 6.26. The van der Waals surface area contributed by atoms with Gasteiger partial charge in [-0.2, -0.15) is 10.1 Å². The maximum atomic E-state index is 12.2. The number of nitro groups is 1. The zero-order valence-electron chi connectivity index (χ0n) is 12.2. The number of esters is 1. The van der Waals surface area contributed by atoms with E-state index in [0.717, 1.165) is 0 Å². The van der Waals surface area contributed by atoms with Gasteiger partial charge in [-0.3, -0.25) is 14.9 Å². The van der Waals surface area contributed by atoms with E-state index < -0.39 is 22.9 Å². The molecule has 9 nitrogen and oxygen atoms in total. The Morgan fingerprint density at radius 1 is 1.48 bits per heavy atom. The third-order valence-corrected chi connectivity index (χ3v) is 3.71. The zero-order valence-corrected chi connectivity index (χ0v) is 12.2. The second-order valence-electron chi connectivity index (χ2n) is 4.94. The Bertz CT molecular complexity index is 800. The molecule has 0 bridgehead atoms. The predicted octanol–water partition coefficient (Wildman–Crippen LogP) is 1.50. The van der Waals surface area contributed by atoms with Crippen LogP contribution in [0.2, 0.25) is 0 Å². The Morgan fingerprint density at radius 3 is 2.91 bits per heavy atom. The number of benzene rings is 1. The van der Waals surface area contributed by atoms with Gasteiger partial charge in [0.05, 0.1) is 17.6 Å². The van der Waals surface area contributed by atoms with E-state index in [9.17, 15) is 14.9 Å². The Hall–Kier alpha value is -3.23. The van der Waals surface area contributed by atoms with Crippen molar-refractivity contribution in [2.24, 2.45) is 5.92 Å². The van der Waals surface area contributed by atoms with Crippen LogP contribution in [0.25, 0.3) is 0 Å². The molecular formula is C14H13N5O4. The van der Waals surface area contributed by atoms with Crippen molar-refractivity contribution in [3.05, 3.63) is 58.5 Å². The normalized spacial score (nSPS) is 19.6. The summed E-state index contributed by atoms with van der Waals surface area (Å²) in [5, 5.41) is 18.3. The van der Waals surface area contributed by atoms with Crippen LogP contribution < -0.4 is 5.32 Å². The van der Waals surface area contributed by atoms with Gasteiger partial charge >= 0.3 is 5.97 Å². The van der Waals surface area contributed by atoms with Crippen molar-refractivity contribution in [3.63, 3.8) is 0 Å². The molecule has 23 heavy (non-hydrogen) atoms. The lowest BCUT2D eigenvalue weighted by Gasteiger charge is -2.32. The van der Waals surface area contributed by atoms with Gasteiger partial charge in [-0.1, -0.05) is 18.7 Å². The molecule has 0 saturated carbocycles. The summed E-state index contributed by atoms with van der Waals surface area (Å²) in [6.45, 7) is 3.83. The smallest absolute Gasteiger partial charge is 0.317 e. The van der Waals surface area contributed by atoms with Crippen molar-refractivity contribution in [2.75, 3.05) is 12.4 Å². The monoisotopic (exact) mass is 315 g/mol. The number of fused-ring (bicyclic) bond motifs is 1. The highest BCUT2D eigenvalue weighted by molar-refractivity contribution is 5.79. The first-order valence-electron chi connectivity index (χ1n) is 6.71. The van der Waals surface area contributed by atoms with Crippen LogP contribution >= 0.6 is 0 Å². The molecule has 3 rings (SSSR count). The van der Waals surface area contributed by atoms with Crippen molar-refractivity contribution in [1.82, 2.24) is 14.8 Å². The molecule has 2 aromatic rings. The fraction of sp³-hybridized carbons (Fsp3) is 0.214. The van der Waals surface area contributed by atoms with Crippen LogP contribution in [0, 0.1) is 16.0 Å². The number of methoxy groups -OCH3 is 1. The molecule has 0 radical (unpaired) electrons. The van der Waals surface area contributed by atoms with Gasteiger partial charge in [-0.15, -0.1) is 0 Å². The minimum Gasteiger partial charge on any atom is -0.468 e. The molecule has 0 amide bonds. The lowest BCUT2D eigenvalue weighted by molar-refractivity contribution is -0.385. The number of carbonyl (C=O) groups excluding carboxylic acids is 1. The van der Waals surface area contributed by atoms with E-state index in [2.05, 4.69) is 22.0 Å². The van der Waals surface area contributed by atoms with Crippen molar-refractivity contribution >= 4 is 17.6 Å². The summed E-state index contributed by atoms with van der Waals surface area (Å²) in [4.78, 5) is 27.1. The van der Waals surface area contributed by atoms with Crippen LogP contribution in [0.5, 0.6) is 0 Å². The van der Waals surface area contributed by atoms with E-state index in [4.69, 9.17) is 4.74 Å². The summed E-state index contributed by atoms with van der Waals surface area (Å²) in [5.41, 5.74) is 0.574. The summed E-state index contributed by atoms with van der Waals surface area (Å²) in [5.74, 6) is -1.07. The van der Waals surface area contributed by atoms with Gasteiger partial charge in [0.2, 0.25) is 5.95 Å². The third kappa shape index (κ3) is 2.31. The largest absolute Gasteiger partial charge is 0.468 e. The highest BCUT2D eigenvalue weighted by Gasteiger charge is 2.42. The quantitative estimate of drug-likeness (QED) is 0.519. The van der Waals surface area contributed by atoms with Crippen LogP contribution in [0.4, 0.5) is 11.6 Å². The van der Waals surface area contributed by atoms with Gasteiger partial charge in [0.15, 0.2) is 0 Å². The van der Waals surface area contributed by atoms with Gasteiger partial charge in [0.1, 0.15) is 18.3 Å². The molecule has 0 fully saturated rings. The van der Waals surface area contributed by atoms with Crippen LogP contribution in [-0.4, -0.2) is 32.8 Å². The number of hydrogen-bond acceptors (Lipinski definition) is 7. The molecular weight excluding hydrogens is 302 g/mol. The third-order valence-electron chi connectivity index (χ3n) is 3.71. The van der Waals surface area contributed by atoms with Crippen molar-refractivity contribution in [1.29, 1.82) is 0 Å². The molecule has 0 saturated heterocycles. The summed E-state index contributed by atoms with van der Waals surface area (Å²) in [6.07, 6.45) is 1.30. The van der Waals surface area contributed by atoms with Gasteiger partial charge in [0.25, 0.3) is 5.69 Å². The molecule has 9 heteroatoms. The number of nitro benzene ring substituents is 1. The first-order valence-corrected chi connectivity index (χ1v) is 6.71. The predicted molar refractivity (Wildman–Crippen MR) is 79.5 cm³/mol. The Kier molecular flexibility index (Phi) is 3.53. The zero-order chi connectivity index (χ0) is 16.6. The fourth-order valence-corrected chi connectivity index (χ4v) is 2.71. The van der Waals surface area contributed by atoms with Crippen molar-refractivity contribution < 1.29 is 14.5 Å². The Labute approximate surface area is 130 Å². The number of aromatic nitrogens is 3. The van der Waals surface area contributed by atoms with E-state index in [1.54, 1.807) is 18.2 Å². The number of nitrogens with zero attached hydrogens (tertiary/aromatic N) is 4. The highest BCUT2D eigenvalue weighted by atomic mass is 16.6. The maximum absolute atomic E-state index is 12.2. The number of para-hydroxylation sites is 1. The Balaban J connectivity index is 2.23. The van der Waals surface area contributed by atoms with E-state index >= 15 is 0 Å². The number of hydrogen-bond donors (Lipinski definition) is 1. The minimum absolute atomic E-state index is 0.109. The molecule has 1 aliphatic rings.